The number of halogens is 2. The Bertz CT molecular complexity index is 1050. The second kappa shape index (κ2) is 6.57. The molecule has 25 heavy (non-hydrogen) atoms. The number of nitrogens with zero attached hydrogens (tertiary/aromatic N) is 3. The predicted molar refractivity (Wildman–Crippen MR) is 101 cm³/mol. The van der Waals surface area contributed by atoms with Crippen LogP contribution < -0.4 is 0 Å². The van der Waals surface area contributed by atoms with Crippen LogP contribution in [0.5, 0.6) is 0 Å². The lowest BCUT2D eigenvalue weighted by Crippen LogP contribution is -1.82. The topological polar surface area (TPSA) is 53.9 Å². The molecule has 6 heteroatoms. The molecule has 0 radical (unpaired) electrons. The van der Waals surface area contributed by atoms with Crippen LogP contribution in [0.15, 0.2) is 70.3 Å². The van der Waals surface area contributed by atoms with E-state index in [4.69, 9.17) is 0 Å². The fourth-order valence-corrected chi connectivity index (χ4v) is 2.75. The molecule has 0 saturated carbocycles. The first kappa shape index (κ1) is 15.7. The number of benzene rings is 2. The van der Waals surface area contributed by atoms with Gasteiger partial charge in [0.05, 0.1) is 11.2 Å². The van der Waals surface area contributed by atoms with Gasteiger partial charge in [0.15, 0.2) is 5.65 Å². The Hall–Kier alpha value is -2.86. The summed E-state index contributed by atoms with van der Waals surface area (Å²) in [6, 6.07) is 15.9. The quantitative estimate of drug-likeness (QED) is 0.480. The number of hydrogen-bond donors (Lipinski definition) is 1. The van der Waals surface area contributed by atoms with Gasteiger partial charge in [-0.3, -0.25) is 4.99 Å². The fraction of sp³-hybridized carbons (Fsp3) is 0. The van der Waals surface area contributed by atoms with Crippen LogP contribution in [-0.2, 0) is 0 Å². The Morgan fingerprint density at radius 2 is 1.80 bits per heavy atom. The van der Waals surface area contributed by atoms with E-state index in [1.807, 2.05) is 30.3 Å². The zero-order valence-electron chi connectivity index (χ0n) is 12.9. The minimum atomic E-state index is -0.256. The van der Waals surface area contributed by atoms with Crippen molar-refractivity contribution >= 4 is 39.0 Å². The maximum atomic E-state index is 12.9. The lowest BCUT2D eigenvalue weighted by atomic mass is 10.2. The third-order valence-corrected chi connectivity index (χ3v) is 4.11. The lowest BCUT2D eigenvalue weighted by Gasteiger charge is -1.98. The van der Waals surface area contributed by atoms with Crippen LogP contribution in [0, 0.1) is 5.82 Å². The highest BCUT2D eigenvalue weighted by Gasteiger charge is 2.06. The second-order valence-corrected chi connectivity index (χ2v) is 6.38. The van der Waals surface area contributed by atoms with Crippen molar-refractivity contribution in [2.45, 2.75) is 0 Å². The van der Waals surface area contributed by atoms with Gasteiger partial charge < -0.3 is 4.98 Å². The predicted octanol–water partition coefficient (Wildman–Crippen LogP) is 5.28. The van der Waals surface area contributed by atoms with Gasteiger partial charge in [0.25, 0.3) is 0 Å². The molecule has 0 bridgehead atoms. The molecule has 0 aliphatic carbocycles. The number of aliphatic imine (C=N–C) groups is 1. The molecule has 0 unspecified atom stereocenters. The first-order valence-electron chi connectivity index (χ1n) is 7.59. The van der Waals surface area contributed by atoms with Gasteiger partial charge in [0.1, 0.15) is 11.6 Å². The molecule has 0 aliphatic heterocycles. The van der Waals surface area contributed by atoms with E-state index >= 15 is 0 Å². The highest BCUT2D eigenvalue weighted by Crippen LogP contribution is 2.23. The summed E-state index contributed by atoms with van der Waals surface area (Å²) in [5.41, 5.74) is 4.17. The van der Waals surface area contributed by atoms with Gasteiger partial charge in [-0.15, -0.1) is 0 Å². The van der Waals surface area contributed by atoms with Gasteiger partial charge in [0.2, 0.25) is 0 Å². The van der Waals surface area contributed by atoms with E-state index in [0.717, 1.165) is 32.6 Å². The van der Waals surface area contributed by atoms with Gasteiger partial charge in [0, 0.05) is 22.4 Å². The van der Waals surface area contributed by atoms with Crippen molar-refractivity contribution in [3.63, 3.8) is 0 Å². The molecule has 0 aliphatic rings. The maximum absolute atomic E-state index is 12.9. The Labute approximate surface area is 151 Å². The number of hydrogen-bond acceptors (Lipinski definition) is 3. The number of aromatic nitrogens is 3. The number of fused-ring (bicyclic) bond motifs is 1. The van der Waals surface area contributed by atoms with Gasteiger partial charge in [-0.05, 0) is 64.0 Å². The number of aromatic amines is 1. The van der Waals surface area contributed by atoms with E-state index < -0.39 is 0 Å². The third kappa shape index (κ3) is 3.49. The van der Waals surface area contributed by atoms with Crippen LogP contribution in [0.3, 0.4) is 0 Å². The van der Waals surface area contributed by atoms with E-state index in [2.05, 4.69) is 35.9 Å². The van der Waals surface area contributed by atoms with E-state index in [-0.39, 0.29) is 5.82 Å². The molecule has 2 aromatic carbocycles. The second-order valence-electron chi connectivity index (χ2n) is 5.47. The summed E-state index contributed by atoms with van der Waals surface area (Å²) >= 11 is 3.40. The SMILES string of the molecule is Fc1ccc(C=Nc2ccc(-c3nc4ncc(Br)cc4[nH]3)cc2)cc1. The maximum Gasteiger partial charge on any atom is 0.178 e. The number of imidazole rings is 1. The number of nitrogens with one attached hydrogen (secondary N) is 1. The summed E-state index contributed by atoms with van der Waals surface area (Å²) in [5.74, 6) is 0.503. The zero-order chi connectivity index (χ0) is 17.2. The smallest absolute Gasteiger partial charge is 0.178 e. The summed E-state index contributed by atoms with van der Waals surface area (Å²) in [4.78, 5) is 16.4. The highest BCUT2D eigenvalue weighted by molar-refractivity contribution is 9.10. The average molecular weight is 395 g/mol. The Kier molecular flexibility index (Phi) is 4.11. The normalized spacial score (nSPS) is 11.4. The minimum Gasteiger partial charge on any atom is -0.337 e. The molecule has 0 amide bonds. The molecule has 0 atom stereocenters. The van der Waals surface area contributed by atoms with Crippen LogP contribution in [0.25, 0.3) is 22.6 Å². The van der Waals surface area contributed by atoms with Crippen LogP contribution in [0.1, 0.15) is 5.56 Å². The number of rotatable bonds is 3. The molecule has 2 heterocycles. The van der Waals surface area contributed by atoms with Crippen molar-refractivity contribution in [1.29, 1.82) is 0 Å². The molecule has 0 fully saturated rings. The van der Waals surface area contributed by atoms with Crippen molar-refractivity contribution in [1.82, 2.24) is 15.0 Å². The molecule has 0 saturated heterocycles. The standard InChI is InChI=1S/C19H12BrFN4/c20-14-9-17-19(23-11-14)25-18(24-17)13-3-7-16(8-4-13)22-10-12-1-5-15(21)6-2-12/h1-11H,(H,23,24,25). The molecule has 2 aromatic heterocycles. The van der Waals surface area contributed by atoms with E-state index in [1.165, 1.54) is 12.1 Å². The van der Waals surface area contributed by atoms with E-state index in [9.17, 15) is 4.39 Å². The van der Waals surface area contributed by atoms with Crippen molar-refractivity contribution in [3.8, 4) is 11.4 Å². The van der Waals surface area contributed by atoms with Crippen LogP contribution in [-0.4, -0.2) is 21.2 Å². The van der Waals surface area contributed by atoms with E-state index in [0.29, 0.717) is 5.65 Å². The molecule has 4 aromatic rings. The van der Waals surface area contributed by atoms with Gasteiger partial charge in [-0.1, -0.05) is 12.1 Å². The first-order valence-corrected chi connectivity index (χ1v) is 8.38. The average Bonchev–Trinajstić information content (AvgIpc) is 3.05. The van der Waals surface area contributed by atoms with Crippen molar-refractivity contribution < 1.29 is 4.39 Å². The molecular weight excluding hydrogens is 383 g/mol. The molecular formula is C19H12BrFN4. The summed E-state index contributed by atoms with van der Waals surface area (Å²) < 4.78 is 13.8. The molecule has 4 nitrogen and oxygen atoms in total. The number of pyridine rings is 1. The molecule has 4 rings (SSSR count). The molecule has 1 N–H and O–H groups in total. The highest BCUT2D eigenvalue weighted by atomic mass is 79.9. The lowest BCUT2D eigenvalue weighted by molar-refractivity contribution is 0.628. The number of H-pyrrole nitrogens is 1. The largest absolute Gasteiger partial charge is 0.337 e. The Morgan fingerprint density at radius 3 is 2.56 bits per heavy atom. The first-order chi connectivity index (χ1) is 12.2. The fourth-order valence-electron chi connectivity index (χ4n) is 2.41. The van der Waals surface area contributed by atoms with Crippen LogP contribution in [0.2, 0.25) is 0 Å². The monoisotopic (exact) mass is 394 g/mol. The third-order valence-electron chi connectivity index (χ3n) is 3.68. The Balaban J connectivity index is 1.57. The summed E-state index contributed by atoms with van der Waals surface area (Å²) in [6.45, 7) is 0. The van der Waals surface area contributed by atoms with Crippen molar-refractivity contribution in [3.05, 3.63) is 76.6 Å². The van der Waals surface area contributed by atoms with Crippen molar-refractivity contribution in [2.24, 2.45) is 4.99 Å². The molecule has 0 spiro atoms. The summed E-state index contributed by atoms with van der Waals surface area (Å²) in [6.07, 6.45) is 3.43. The van der Waals surface area contributed by atoms with Crippen molar-refractivity contribution in [2.75, 3.05) is 0 Å². The molecule has 122 valence electrons. The Morgan fingerprint density at radius 1 is 1.04 bits per heavy atom. The zero-order valence-corrected chi connectivity index (χ0v) is 14.5. The van der Waals surface area contributed by atoms with Gasteiger partial charge in [-0.2, -0.15) is 0 Å². The van der Waals surface area contributed by atoms with Gasteiger partial charge in [-0.25, -0.2) is 14.4 Å². The minimum absolute atomic E-state index is 0.256. The van der Waals surface area contributed by atoms with E-state index in [1.54, 1.807) is 24.5 Å². The van der Waals surface area contributed by atoms with Gasteiger partial charge >= 0.3 is 0 Å². The van der Waals surface area contributed by atoms with Crippen LogP contribution >= 0.6 is 15.9 Å². The summed E-state index contributed by atoms with van der Waals surface area (Å²) in [7, 11) is 0. The van der Waals surface area contributed by atoms with Crippen LogP contribution in [0.4, 0.5) is 10.1 Å². The summed E-state index contributed by atoms with van der Waals surface area (Å²) in [5, 5.41) is 0.